The minimum Gasteiger partial charge on any atom is -0.381 e. The van der Waals surface area contributed by atoms with E-state index in [1.54, 1.807) is 0 Å². The highest BCUT2D eigenvalue weighted by atomic mass is 16.5. The van der Waals surface area contributed by atoms with Gasteiger partial charge in [0.2, 0.25) is 0 Å². The molecule has 2 heteroatoms. The number of hydrogen-bond acceptors (Lipinski definition) is 2. The van der Waals surface area contributed by atoms with Crippen molar-refractivity contribution in [2.75, 3.05) is 19.8 Å². The molecule has 1 aliphatic heterocycles. The highest BCUT2D eigenvalue weighted by Gasteiger charge is 2.20. The van der Waals surface area contributed by atoms with Crippen LogP contribution in [-0.2, 0) is 4.74 Å². The lowest BCUT2D eigenvalue weighted by Gasteiger charge is -2.29. The molecule has 2 unspecified atom stereocenters. The Morgan fingerprint density at radius 2 is 1.93 bits per heavy atom. The van der Waals surface area contributed by atoms with Gasteiger partial charge in [-0.15, -0.1) is 0 Å². The third-order valence-electron chi connectivity index (χ3n) is 3.54. The molecule has 1 rings (SSSR count). The molecule has 15 heavy (non-hydrogen) atoms. The second kappa shape index (κ2) is 7.24. The molecule has 1 fully saturated rings. The van der Waals surface area contributed by atoms with Crippen molar-refractivity contribution in [3.05, 3.63) is 0 Å². The maximum Gasteiger partial charge on any atom is 0.0469 e. The fourth-order valence-electron chi connectivity index (χ4n) is 2.36. The van der Waals surface area contributed by atoms with Crippen LogP contribution < -0.4 is 5.32 Å². The van der Waals surface area contributed by atoms with E-state index in [1.807, 2.05) is 0 Å². The lowest BCUT2D eigenvalue weighted by molar-refractivity contribution is 0.0555. The Kier molecular flexibility index (Phi) is 6.26. The largest absolute Gasteiger partial charge is 0.381 e. The molecule has 2 atom stereocenters. The van der Waals surface area contributed by atoms with Gasteiger partial charge in [0.25, 0.3) is 0 Å². The lowest BCUT2D eigenvalue weighted by Crippen LogP contribution is -2.38. The summed E-state index contributed by atoms with van der Waals surface area (Å²) in [5.74, 6) is 1.64. The Hall–Kier alpha value is -0.0800. The van der Waals surface area contributed by atoms with Gasteiger partial charge in [-0.2, -0.15) is 0 Å². The van der Waals surface area contributed by atoms with Gasteiger partial charge < -0.3 is 10.1 Å². The first-order valence-electron chi connectivity index (χ1n) is 6.55. The summed E-state index contributed by atoms with van der Waals surface area (Å²) in [6, 6.07) is 0.660. The zero-order valence-electron chi connectivity index (χ0n) is 10.6. The first-order valence-corrected chi connectivity index (χ1v) is 6.55. The molecular formula is C13H27NO. The van der Waals surface area contributed by atoms with Crippen molar-refractivity contribution < 1.29 is 4.74 Å². The molecule has 0 amide bonds. The Morgan fingerprint density at radius 3 is 2.53 bits per heavy atom. The molecule has 1 heterocycles. The maximum absolute atomic E-state index is 5.39. The van der Waals surface area contributed by atoms with Gasteiger partial charge >= 0.3 is 0 Å². The molecule has 0 spiro atoms. The van der Waals surface area contributed by atoms with Crippen LogP contribution in [0.15, 0.2) is 0 Å². The SMILES string of the molecule is CCCC(C)CNC(C)C1CCOCC1. The Morgan fingerprint density at radius 1 is 1.27 bits per heavy atom. The fraction of sp³-hybridized carbons (Fsp3) is 1.00. The van der Waals surface area contributed by atoms with Crippen LogP contribution in [0.3, 0.4) is 0 Å². The summed E-state index contributed by atoms with van der Waals surface area (Å²) in [5, 5.41) is 3.68. The van der Waals surface area contributed by atoms with Crippen LogP contribution >= 0.6 is 0 Å². The van der Waals surface area contributed by atoms with Crippen LogP contribution in [0.2, 0.25) is 0 Å². The Balaban J connectivity index is 2.13. The fourth-order valence-corrected chi connectivity index (χ4v) is 2.36. The predicted octanol–water partition coefficient (Wildman–Crippen LogP) is 2.83. The lowest BCUT2D eigenvalue weighted by atomic mass is 9.92. The summed E-state index contributed by atoms with van der Waals surface area (Å²) >= 11 is 0. The molecule has 90 valence electrons. The van der Waals surface area contributed by atoms with E-state index >= 15 is 0 Å². The van der Waals surface area contributed by atoms with Crippen LogP contribution in [0.4, 0.5) is 0 Å². The van der Waals surface area contributed by atoms with Gasteiger partial charge in [-0.1, -0.05) is 20.3 Å². The minimum atomic E-state index is 0.660. The van der Waals surface area contributed by atoms with Gasteiger partial charge in [-0.05, 0) is 44.6 Å². The molecule has 0 aliphatic carbocycles. The zero-order valence-corrected chi connectivity index (χ0v) is 10.6. The molecule has 0 aromatic heterocycles. The van der Waals surface area contributed by atoms with Crippen LogP contribution in [0.5, 0.6) is 0 Å². The van der Waals surface area contributed by atoms with Crippen LogP contribution in [0, 0.1) is 11.8 Å². The molecule has 0 bridgehead atoms. The third-order valence-corrected chi connectivity index (χ3v) is 3.54. The van der Waals surface area contributed by atoms with Crippen molar-refractivity contribution in [3.63, 3.8) is 0 Å². The topological polar surface area (TPSA) is 21.3 Å². The molecule has 1 saturated heterocycles. The van der Waals surface area contributed by atoms with E-state index in [4.69, 9.17) is 4.74 Å². The summed E-state index contributed by atoms with van der Waals surface area (Å²) in [4.78, 5) is 0. The van der Waals surface area contributed by atoms with Gasteiger partial charge in [0, 0.05) is 19.3 Å². The van der Waals surface area contributed by atoms with Crippen molar-refractivity contribution in [1.82, 2.24) is 5.32 Å². The van der Waals surface area contributed by atoms with E-state index in [1.165, 1.54) is 32.2 Å². The van der Waals surface area contributed by atoms with Crippen molar-refractivity contribution in [3.8, 4) is 0 Å². The molecule has 0 aromatic rings. The molecule has 0 aromatic carbocycles. The molecule has 0 saturated carbocycles. The molecule has 0 radical (unpaired) electrons. The third kappa shape index (κ3) is 4.98. The molecule has 2 nitrogen and oxygen atoms in total. The van der Waals surface area contributed by atoms with E-state index in [0.29, 0.717) is 6.04 Å². The first-order chi connectivity index (χ1) is 7.24. The smallest absolute Gasteiger partial charge is 0.0469 e. The van der Waals surface area contributed by atoms with Crippen molar-refractivity contribution in [2.24, 2.45) is 11.8 Å². The summed E-state index contributed by atoms with van der Waals surface area (Å²) in [7, 11) is 0. The van der Waals surface area contributed by atoms with Crippen molar-refractivity contribution in [2.45, 2.75) is 52.5 Å². The normalized spacial score (nSPS) is 22.6. The van der Waals surface area contributed by atoms with Crippen molar-refractivity contribution in [1.29, 1.82) is 0 Å². The maximum atomic E-state index is 5.39. The van der Waals surface area contributed by atoms with E-state index in [9.17, 15) is 0 Å². The van der Waals surface area contributed by atoms with E-state index in [-0.39, 0.29) is 0 Å². The highest BCUT2D eigenvalue weighted by Crippen LogP contribution is 2.18. The van der Waals surface area contributed by atoms with Gasteiger partial charge in [-0.3, -0.25) is 0 Å². The second-order valence-corrected chi connectivity index (χ2v) is 5.04. The quantitative estimate of drug-likeness (QED) is 0.732. The van der Waals surface area contributed by atoms with Crippen LogP contribution in [-0.4, -0.2) is 25.8 Å². The van der Waals surface area contributed by atoms with Gasteiger partial charge in [-0.25, -0.2) is 0 Å². The summed E-state index contributed by atoms with van der Waals surface area (Å²) in [6.07, 6.45) is 5.11. The van der Waals surface area contributed by atoms with Gasteiger partial charge in [0.05, 0.1) is 0 Å². The van der Waals surface area contributed by atoms with Crippen LogP contribution in [0.25, 0.3) is 0 Å². The summed E-state index contributed by atoms with van der Waals surface area (Å²) < 4.78 is 5.39. The second-order valence-electron chi connectivity index (χ2n) is 5.04. The van der Waals surface area contributed by atoms with Crippen LogP contribution in [0.1, 0.15) is 46.5 Å². The Labute approximate surface area is 94.8 Å². The first kappa shape index (κ1) is 13.0. The summed E-state index contributed by atoms with van der Waals surface area (Å²) in [6.45, 7) is 10.0. The number of nitrogens with one attached hydrogen (secondary N) is 1. The monoisotopic (exact) mass is 213 g/mol. The van der Waals surface area contributed by atoms with E-state index in [0.717, 1.165) is 25.0 Å². The predicted molar refractivity (Wildman–Crippen MR) is 65.1 cm³/mol. The minimum absolute atomic E-state index is 0.660. The number of ether oxygens (including phenoxy) is 1. The highest BCUT2D eigenvalue weighted by molar-refractivity contribution is 4.75. The standard InChI is InChI=1S/C13H27NO/c1-4-5-11(2)10-14-12(3)13-6-8-15-9-7-13/h11-14H,4-10H2,1-3H3. The average molecular weight is 213 g/mol. The molecule has 1 aliphatic rings. The number of rotatable bonds is 6. The van der Waals surface area contributed by atoms with E-state index in [2.05, 4.69) is 26.1 Å². The van der Waals surface area contributed by atoms with Gasteiger partial charge in [0.15, 0.2) is 0 Å². The zero-order chi connectivity index (χ0) is 11.1. The molecule has 1 N–H and O–H groups in total. The Bertz CT molecular complexity index is 155. The average Bonchev–Trinajstić information content (AvgIpc) is 2.27. The van der Waals surface area contributed by atoms with Crippen molar-refractivity contribution >= 4 is 0 Å². The summed E-state index contributed by atoms with van der Waals surface area (Å²) in [5.41, 5.74) is 0. The molecular weight excluding hydrogens is 186 g/mol. The number of hydrogen-bond donors (Lipinski definition) is 1. The van der Waals surface area contributed by atoms with E-state index < -0.39 is 0 Å². The van der Waals surface area contributed by atoms with Gasteiger partial charge in [0.1, 0.15) is 0 Å².